The lowest BCUT2D eigenvalue weighted by Crippen LogP contribution is -2.10. The highest BCUT2D eigenvalue weighted by atomic mass is 35.5. The molecule has 0 saturated heterocycles. The molecule has 0 bridgehead atoms. The second kappa shape index (κ2) is 3.68. The van der Waals surface area contributed by atoms with E-state index >= 15 is 0 Å². The van der Waals surface area contributed by atoms with Crippen molar-refractivity contribution in [3.05, 3.63) is 0 Å². The second-order valence-corrected chi connectivity index (χ2v) is 3.38. The van der Waals surface area contributed by atoms with E-state index in [-0.39, 0.29) is 0 Å². The molecule has 0 radical (unpaired) electrons. The second-order valence-electron chi connectivity index (χ2n) is 2.76. The minimum atomic E-state index is 0.712. The Morgan fingerprint density at radius 1 is 1.00 bits per heavy atom. The van der Waals surface area contributed by atoms with Gasteiger partial charge in [0.15, 0.2) is 0 Å². The summed E-state index contributed by atoms with van der Waals surface area (Å²) in [6.07, 6.45) is 3.91. The minimum Gasteiger partial charge on any atom is -0.126 e. The number of rotatable bonds is 2. The first-order chi connectivity index (χ1) is 4.38. The van der Waals surface area contributed by atoms with E-state index < -0.39 is 0 Å². The summed E-state index contributed by atoms with van der Waals surface area (Å²) < 4.78 is 0. The van der Waals surface area contributed by atoms with Crippen molar-refractivity contribution in [2.45, 2.75) is 19.3 Å². The van der Waals surface area contributed by atoms with Crippen molar-refractivity contribution in [3.63, 3.8) is 0 Å². The normalized spacial score (nSPS) is 35.3. The van der Waals surface area contributed by atoms with Crippen molar-refractivity contribution in [2.24, 2.45) is 11.8 Å². The van der Waals surface area contributed by atoms with E-state index in [2.05, 4.69) is 0 Å². The smallest absolute Gasteiger partial charge is 0.0254 e. The molecule has 54 valence electrons. The summed E-state index contributed by atoms with van der Waals surface area (Å²) in [5.41, 5.74) is 0. The van der Waals surface area contributed by atoms with Crippen molar-refractivity contribution >= 4 is 23.2 Å². The molecular formula is C7H12Cl2. The molecule has 1 saturated carbocycles. The molecule has 0 unspecified atom stereocenters. The Balaban J connectivity index is 2.32. The fraction of sp³-hybridized carbons (Fsp3) is 1.00. The standard InChI is InChI=1S/C7H12Cl2/c8-4-6-2-1-3-7(6)5-9/h6-7H,1-5H2/t6-,7+. The van der Waals surface area contributed by atoms with Gasteiger partial charge < -0.3 is 0 Å². The quantitative estimate of drug-likeness (QED) is 0.554. The van der Waals surface area contributed by atoms with Crippen LogP contribution in [0, 0.1) is 11.8 Å². The predicted molar refractivity (Wildman–Crippen MR) is 42.3 cm³/mol. The Morgan fingerprint density at radius 3 is 1.78 bits per heavy atom. The molecule has 0 aliphatic heterocycles. The first-order valence-electron chi connectivity index (χ1n) is 3.50. The lowest BCUT2D eigenvalue weighted by Gasteiger charge is -2.12. The summed E-state index contributed by atoms with van der Waals surface area (Å²) in [7, 11) is 0. The van der Waals surface area contributed by atoms with Crippen molar-refractivity contribution in [2.75, 3.05) is 11.8 Å². The monoisotopic (exact) mass is 166 g/mol. The molecular weight excluding hydrogens is 155 g/mol. The summed E-state index contributed by atoms with van der Waals surface area (Å²) in [4.78, 5) is 0. The van der Waals surface area contributed by atoms with Gasteiger partial charge in [-0.25, -0.2) is 0 Å². The van der Waals surface area contributed by atoms with Gasteiger partial charge in [0.25, 0.3) is 0 Å². The van der Waals surface area contributed by atoms with Crippen LogP contribution in [0.15, 0.2) is 0 Å². The van der Waals surface area contributed by atoms with Crippen LogP contribution >= 0.6 is 23.2 Å². The number of halogens is 2. The lowest BCUT2D eigenvalue weighted by molar-refractivity contribution is 0.467. The van der Waals surface area contributed by atoms with E-state index in [4.69, 9.17) is 23.2 Å². The van der Waals surface area contributed by atoms with Crippen molar-refractivity contribution in [3.8, 4) is 0 Å². The molecule has 0 nitrogen and oxygen atoms in total. The van der Waals surface area contributed by atoms with Gasteiger partial charge in [-0.1, -0.05) is 6.42 Å². The maximum absolute atomic E-state index is 5.72. The van der Waals surface area contributed by atoms with Crippen molar-refractivity contribution in [1.29, 1.82) is 0 Å². The van der Waals surface area contributed by atoms with Crippen LogP contribution in [0.2, 0.25) is 0 Å². The fourth-order valence-corrected chi connectivity index (χ4v) is 2.33. The summed E-state index contributed by atoms with van der Waals surface area (Å²) in [5, 5.41) is 0. The van der Waals surface area contributed by atoms with Gasteiger partial charge >= 0.3 is 0 Å². The summed E-state index contributed by atoms with van der Waals surface area (Å²) in [6.45, 7) is 0. The van der Waals surface area contributed by atoms with Crippen molar-refractivity contribution in [1.82, 2.24) is 0 Å². The maximum atomic E-state index is 5.72. The fourth-order valence-electron chi connectivity index (χ4n) is 1.52. The van der Waals surface area contributed by atoms with Gasteiger partial charge in [0.2, 0.25) is 0 Å². The van der Waals surface area contributed by atoms with Gasteiger partial charge in [-0.2, -0.15) is 0 Å². The van der Waals surface area contributed by atoms with Crippen LogP contribution in [-0.4, -0.2) is 11.8 Å². The summed E-state index contributed by atoms with van der Waals surface area (Å²) in [5.74, 6) is 3.03. The van der Waals surface area contributed by atoms with Crippen LogP contribution in [0.25, 0.3) is 0 Å². The molecule has 0 amide bonds. The van der Waals surface area contributed by atoms with Gasteiger partial charge in [0.1, 0.15) is 0 Å². The molecule has 9 heavy (non-hydrogen) atoms. The zero-order valence-electron chi connectivity index (χ0n) is 5.45. The Morgan fingerprint density at radius 2 is 1.44 bits per heavy atom. The third-order valence-electron chi connectivity index (χ3n) is 2.21. The molecule has 1 fully saturated rings. The molecule has 0 spiro atoms. The van der Waals surface area contributed by atoms with E-state index in [0.717, 1.165) is 11.8 Å². The van der Waals surface area contributed by atoms with Gasteiger partial charge in [-0.05, 0) is 24.7 Å². The molecule has 1 aliphatic carbocycles. The Kier molecular flexibility index (Phi) is 3.14. The molecule has 0 aromatic carbocycles. The minimum absolute atomic E-state index is 0.712. The lowest BCUT2D eigenvalue weighted by atomic mass is 10.0. The molecule has 0 heterocycles. The topological polar surface area (TPSA) is 0 Å². The van der Waals surface area contributed by atoms with Crippen LogP contribution in [-0.2, 0) is 0 Å². The van der Waals surface area contributed by atoms with Crippen LogP contribution in [0.5, 0.6) is 0 Å². The third-order valence-corrected chi connectivity index (χ3v) is 3.01. The van der Waals surface area contributed by atoms with E-state index in [1.807, 2.05) is 0 Å². The maximum Gasteiger partial charge on any atom is 0.0254 e. The number of hydrogen-bond acceptors (Lipinski definition) is 0. The SMILES string of the molecule is ClC[C@@H]1CCC[C@@H]1CCl. The van der Waals surface area contributed by atoms with Crippen LogP contribution < -0.4 is 0 Å². The van der Waals surface area contributed by atoms with Gasteiger partial charge in [0, 0.05) is 11.8 Å². The van der Waals surface area contributed by atoms with Crippen LogP contribution in [0.1, 0.15) is 19.3 Å². The highest BCUT2D eigenvalue weighted by Gasteiger charge is 2.24. The zero-order valence-corrected chi connectivity index (χ0v) is 6.96. The average molecular weight is 167 g/mol. The van der Waals surface area contributed by atoms with Gasteiger partial charge in [0.05, 0.1) is 0 Å². The predicted octanol–water partition coefficient (Wildman–Crippen LogP) is 2.88. The Bertz CT molecular complexity index is 73.0. The molecule has 1 aliphatic rings. The largest absolute Gasteiger partial charge is 0.126 e. The van der Waals surface area contributed by atoms with Crippen LogP contribution in [0.3, 0.4) is 0 Å². The van der Waals surface area contributed by atoms with Crippen LogP contribution in [0.4, 0.5) is 0 Å². The first-order valence-corrected chi connectivity index (χ1v) is 4.57. The van der Waals surface area contributed by atoms with Gasteiger partial charge in [-0.15, -0.1) is 23.2 Å². The van der Waals surface area contributed by atoms with E-state index in [1.54, 1.807) is 0 Å². The molecule has 0 aromatic heterocycles. The molecule has 0 N–H and O–H groups in total. The summed E-state index contributed by atoms with van der Waals surface area (Å²) >= 11 is 11.4. The highest BCUT2D eigenvalue weighted by molar-refractivity contribution is 6.19. The number of alkyl halides is 2. The molecule has 1 rings (SSSR count). The number of hydrogen-bond donors (Lipinski definition) is 0. The summed E-state index contributed by atoms with van der Waals surface area (Å²) in [6, 6.07) is 0. The molecule has 0 aromatic rings. The van der Waals surface area contributed by atoms with Gasteiger partial charge in [-0.3, -0.25) is 0 Å². The molecule has 2 heteroatoms. The molecule has 2 atom stereocenters. The highest BCUT2D eigenvalue weighted by Crippen LogP contribution is 2.32. The average Bonchev–Trinajstić information content (AvgIpc) is 2.33. The van der Waals surface area contributed by atoms with E-state index in [1.165, 1.54) is 19.3 Å². The Labute approximate surface area is 66.5 Å². The van der Waals surface area contributed by atoms with Crippen molar-refractivity contribution < 1.29 is 0 Å². The zero-order chi connectivity index (χ0) is 6.69. The van der Waals surface area contributed by atoms with E-state index in [0.29, 0.717) is 11.8 Å². The first kappa shape index (κ1) is 7.68. The van der Waals surface area contributed by atoms with E-state index in [9.17, 15) is 0 Å². The Hall–Kier alpha value is 0.580. The third kappa shape index (κ3) is 1.75.